The van der Waals surface area contributed by atoms with Gasteiger partial charge in [0.05, 0.1) is 0 Å². The molecule has 2 nitrogen and oxygen atoms in total. The van der Waals surface area contributed by atoms with Crippen LogP contribution in [0.25, 0.3) is 10.9 Å². The Morgan fingerprint density at radius 3 is 2.60 bits per heavy atom. The summed E-state index contributed by atoms with van der Waals surface area (Å²) in [6.45, 7) is -4.92. The number of rotatable bonds is 9. The maximum absolute atomic E-state index is 7.81. The molecule has 20 heavy (non-hydrogen) atoms. The first-order valence-corrected chi connectivity index (χ1v) is 6.91. The summed E-state index contributed by atoms with van der Waals surface area (Å²) in [5, 5.41) is 1.05. The molecule has 2 aromatic rings. The van der Waals surface area contributed by atoms with E-state index >= 15 is 0 Å². The van der Waals surface area contributed by atoms with Gasteiger partial charge in [0.1, 0.15) is 0 Å². The number of aromatic amines is 1. The highest BCUT2D eigenvalue weighted by Gasteiger charge is 2.07. The van der Waals surface area contributed by atoms with E-state index in [0.717, 1.165) is 16.5 Å². The zero-order valence-corrected chi connectivity index (χ0v) is 11.6. The Hall–Kier alpha value is -1.28. The van der Waals surface area contributed by atoms with Crippen LogP contribution < -0.4 is 0 Å². The van der Waals surface area contributed by atoms with Gasteiger partial charge in [0, 0.05) is 37.4 Å². The normalized spacial score (nSPS) is 21.6. The molecule has 0 unspecified atom stereocenters. The van der Waals surface area contributed by atoms with Gasteiger partial charge in [0.15, 0.2) is 0 Å². The highest BCUT2D eigenvalue weighted by Crippen LogP contribution is 2.18. The zero-order chi connectivity index (χ0) is 22.8. The van der Waals surface area contributed by atoms with E-state index in [4.69, 9.17) is 13.7 Å². The van der Waals surface area contributed by atoms with Crippen LogP contribution in [0.3, 0.4) is 0 Å². The van der Waals surface area contributed by atoms with Crippen molar-refractivity contribution in [1.29, 1.82) is 0 Å². The van der Waals surface area contributed by atoms with E-state index in [-0.39, 0.29) is 25.9 Å². The molecule has 0 aliphatic carbocycles. The molecule has 0 amide bonds. The zero-order valence-electron chi connectivity index (χ0n) is 21.6. The summed E-state index contributed by atoms with van der Waals surface area (Å²) in [5.74, 6) is 0. The number of nitrogens with zero attached hydrogens (tertiary/aromatic N) is 1. The fourth-order valence-electron chi connectivity index (χ4n) is 2.38. The van der Waals surface area contributed by atoms with Gasteiger partial charge in [-0.25, -0.2) is 0 Å². The van der Waals surface area contributed by atoms with Gasteiger partial charge >= 0.3 is 0 Å². The van der Waals surface area contributed by atoms with Gasteiger partial charge in [-0.1, -0.05) is 44.6 Å². The molecule has 0 saturated heterocycles. The van der Waals surface area contributed by atoms with Gasteiger partial charge in [-0.3, -0.25) is 0 Å². The number of nitrogens with one attached hydrogen (secondary N) is 1. The van der Waals surface area contributed by atoms with Crippen LogP contribution in [0.4, 0.5) is 0 Å². The lowest BCUT2D eigenvalue weighted by Gasteiger charge is -2.21. The Bertz CT molecular complexity index is 792. The van der Waals surface area contributed by atoms with Crippen molar-refractivity contribution in [2.75, 3.05) is 19.6 Å². The van der Waals surface area contributed by atoms with Gasteiger partial charge in [0.2, 0.25) is 0 Å². The summed E-state index contributed by atoms with van der Waals surface area (Å²) in [5.41, 5.74) is 2.02. The summed E-state index contributed by atoms with van der Waals surface area (Å²) >= 11 is 0. The predicted molar refractivity (Wildman–Crippen MR) is 88.3 cm³/mol. The number of para-hydroxylation sites is 1. The van der Waals surface area contributed by atoms with E-state index in [1.807, 2.05) is 30.5 Å². The van der Waals surface area contributed by atoms with Crippen molar-refractivity contribution in [1.82, 2.24) is 9.88 Å². The Morgan fingerprint density at radius 1 is 1.10 bits per heavy atom. The van der Waals surface area contributed by atoms with Crippen LogP contribution in [0, 0.1) is 0 Å². The van der Waals surface area contributed by atoms with Gasteiger partial charge < -0.3 is 9.88 Å². The SMILES string of the molecule is [2H]C([2H])([2H])C([2H])([2H])CCN(CCc1c[nH]c2ccccc12)CCC([2H])([2H])C([2H])([2H])[2H]. The van der Waals surface area contributed by atoms with Crippen LogP contribution in [0.1, 0.15) is 58.6 Å². The van der Waals surface area contributed by atoms with Crippen LogP contribution in [-0.4, -0.2) is 29.5 Å². The lowest BCUT2D eigenvalue weighted by molar-refractivity contribution is 0.268. The monoisotopic (exact) mass is 282 g/mol. The molecule has 0 bridgehead atoms. The molecule has 0 fully saturated rings. The second-order valence-electron chi connectivity index (χ2n) is 4.80. The molecule has 2 rings (SSSR count). The van der Waals surface area contributed by atoms with Gasteiger partial charge in [-0.15, -0.1) is 0 Å². The maximum Gasteiger partial charge on any atom is 0.0456 e. The third-order valence-corrected chi connectivity index (χ3v) is 3.48. The lowest BCUT2D eigenvalue weighted by Crippen LogP contribution is -2.28. The molecule has 1 heterocycles. The minimum absolute atomic E-state index is 0.0881. The molecule has 0 aliphatic rings. The standard InChI is InChI=1S/C18H28N2/c1-3-5-12-20(13-6-4-2)14-11-16-15-19-18-10-8-7-9-17(16)18/h7-10,15,19H,3-6,11-14H2,1-2H3/i1D3,2D3,3D2,4D2. The molecular weight excluding hydrogens is 244 g/mol. The van der Waals surface area contributed by atoms with Crippen molar-refractivity contribution in [2.24, 2.45) is 0 Å². The first-order chi connectivity index (χ1) is 13.6. The van der Waals surface area contributed by atoms with Crippen molar-refractivity contribution in [3.63, 3.8) is 0 Å². The highest BCUT2D eigenvalue weighted by molar-refractivity contribution is 5.83. The number of fused-ring (bicyclic) bond motifs is 1. The van der Waals surface area contributed by atoms with E-state index in [9.17, 15) is 0 Å². The van der Waals surface area contributed by atoms with Gasteiger partial charge in [-0.05, 0) is 44.0 Å². The Morgan fingerprint density at radius 2 is 1.85 bits per heavy atom. The van der Waals surface area contributed by atoms with E-state index in [2.05, 4.69) is 4.98 Å². The van der Waals surface area contributed by atoms with E-state index in [0.29, 0.717) is 13.0 Å². The molecule has 0 saturated carbocycles. The van der Waals surface area contributed by atoms with E-state index < -0.39 is 26.4 Å². The minimum atomic E-state index is -2.76. The third kappa shape index (κ3) is 4.11. The Balaban J connectivity index is 2.09. The quantitative estimate of drug-likeness (QED) is 0.711. The topological polar surface area (TPSA) is 19.0 Å². The molecule has 2 heteroatoms. The Labute approximate surface area is 137 Å². The summed E-state index contributed by atoms with van der Waals surface area (Å²) in [6, 6.07) is 7.77. The molecule has 1 N–H and O–H groups in total. The summed E-state index contributed by atoms with van der Waals surface area (Å²) in [6.07, 6.45) is -2.81. The van der Waals surface area contributed by atoms with Crippen molar-refractivity contribution in [3.05, 3.63) is 36.0 Å². The minimum Gasteiger partial charge on any atom is -0.361 e. The molecule has 1 aromatic carbocycles. The number of hydrogen-bond acceptors (Lipinski definition) is 1. The van der Waals surface area contributed by atoms with Crippen LogP contribution in [0.15, 0.2) is 30.5 Å². The predicted octanol–water partition coefficient (Wildman–Crippen LogP) is 4.61. The average molecular weight is 282 g/mol. The first-order valence-electron chi connectivity index (χ1n) is 11.9. The molecule has 0 aliphatic heterocycles. The number of hydrogen-bond donors (Lipinski definition) is 1. The maximum atomic E-state index is 7.81. The van der Waals surface area contributed by atoms with Crippen molar-refractivity contribution in [3.8, 4) is 0 Å². The smallest absolute Gasteiger partial charge is 0.0456 e. The Kier molecular flexibility index (Phi) is 2.70. The molecule has 0 spiro atoms. The molecule has 0 atom stereocenters. The number of H-pyrrole nitrogens is 1. The summed E-state index contributed by atoms with van der Waals surface area (Å²) in [4.78, 5) is 4.92. The molecule has 1 aromatic heterocycles. The second-order valence-corrected chi connectivity index (χ2v) is 4.80. The molecule has 110 valence electrons. The molecule has 0 radical (unpaired) electrons. The first kappa shape index (κ1) is 6.65. The number of benzene rings is 1. The average Bonchev–Trinajstić information content (AvgIpc) is 3.02. The fourth-order valence-corrected chi connectivity index (χ4v) is 2.38. The second kappa shape index (κ2) is 8.11. The lowest BCUT2D eigenvalue weighted by atomic mass is 10.1. The van der Waals surface area contributed by atoms with Crippen LogP contribution >= 0.6 is 0 Å². The van der Waals surface area contributed by atoms with Crippen LogP contribution in [-0.2, 0) is 6.42 Å². The van der Waals surface area contributed by atoms with Gasteiger partial charge in [-0.2, -0.15) is 0 Å². The van der Waals surface area contributed by atoms with E-state index in [1.54, 1.807) is 4.90 Å². The highest BCUT2D eigenvalue weighted by atomic mass is 15.1. The molecular formula is C18H28N2. The largest absolute Gasteiger partial charge is 0.361 e. The summed E-state index contributed by atoms with van der Waals surface area (Å²) in [7, 11) is 0. The van der Waals surface area contributed by atoms with Crippen molar-refractivity contribution in [2.45, 2.75) is 45.7 Å². The fraction of sp³-hybridized carbons (Fsp3) is 0.556. The van der Waals surface area contributed by atoms with Crippen molar-refractivity contribution >= 4 is 10.9 Å². The van der Waals surface area contributed by atoms with Crippen LogP contribution in [0.5, 0.6) is 0 Å². The number of aromatic nitrogens is 1. The van der Waals surface area contributed by atoms with Crippen molar-refractivity contribution < 1.29 is 13.7 Å². The van der Waals surface area contributed by atoms with Gasteiger partial charge in [0.25, 0.3) is 0 Å². The van der Waals surface area contributed by atoms with E-state index in [1.165, 1.54) is 0 Å². The summed E-state index contributed by atoms with van der Waals surface area (Å²) < 4.78 is 75.5. The third-order valence-electron chi connectivity index (χ3n) is 3.48. The van der Waals surface area contributed by atoms with Crippen LogP contribution in [0.2, 0.25) is 0 Å².